The predicted octanol–water partition coefficient (Wildman–Crippen LogP) is 4.90. The van der Waals surface area contributed by atoms with Gasteiger partial charge in [0.05, 0.1) is 5.56 Å². The lowest BCUT2D eigenvalue weighted by molar-refractivity contribution is -0.137. The van der Waals surface area contributed by atoms with Crippen LogP contribution >= 0.6 is 0 Å². The maximum atomic E-state index is 11.8. The van der Waals surface area contributed by atoms with Gasteiger partial charge in [-0.2, -0.15) is 13.2 Å². The van der Waals surface area contributed by atoms with Gasteiger partial charge >= 0.3 is 6.18 Å². The summed E-state index contributed by atoms with van der Waals surface area (Å²) < 4.78 is 35.4. The molecule has 1 fully saturated rings. The molecule has 0 spiro atoms. The Morgan fingerprint density at radius 1 is 0.867 bits per heavy atom. The quantitative estimate of drug-likeness (QED) is 0.581. The lowest BCUT2D eigenvalue weighted by atomic mass is 10.2. The molecule has 0 nitrogen and oxygen atoms in total. The topological polar surface area (TPSA) is 0 Å². The Morgan fingerprint density at radius 2 is 1.27 bits per heavy atom. The number of halogens is 3. The van der Waals surface area contributed by atoms with Crippen molar-refractivity contribution in [1.29, 1.82) is 0 Å². The van der Waals surface area contributed by atoms with Crippen molar-refractivity contribution in [2.75, 3.05) is 0 Å². The second-order valence-corrected chi connectivity index (χ2v) is 2.92. The summed E-state index contributed by atoms with van der Waals surface area (Å²) in [7, 11) is 0. The van der Waals surface area contributed by atoms with E-state index in [2.05, 4.69) is 0 Å². The number of hydrogen-bond donors (Lipinski definition) is 0. The fraction of sp³-hybridized carbons (Fsp3) is 0.500. The Morgan fingerprint density at radius 3 is 1.47 bits per heavy atom. The largest absolute Gasteiger partial charge is 0.416 e. The van der Waals surface area contributed by atoms with Crippen LogP contribution in [-0.4, -0.2) is 0 Å². The lowest BCUT2D eigenvalue weighted by Crippen LogP contribution is -2.03. The van der Waals surface area contributed by atoms with Crippen molar-refractivity contribution in [3.8, 4) is 0 Å². The Hall–Kier alpha value is -0.990. The van der Waals surface area contributed by atoms with Gasteiger partial charge in [-0.25, -0.2) is 0 Å². The number of alkyl halides is 3. The second-order valence-electron chi connectivity index (χ2n) is 2.92. The average Bonchev–Trinajstić information content (AvgIpc) is 3.08. The van der Waals surface area contributed by atoms with Crippen molar-refractivity contribution < 1.29 is 13.2 Å². The first-order valence-corrected chi connectivity index (χ1v) is 5.23. The van der Waals surface area contributed by atoms with E-state index in [4.69, 9.17) is 0 Å². The van der Waals surface area contributed by atoms with Crippen LogP contribution in [0.5, 0.6) is 0 Å². The molecule has 0 unspecified atom stereocenters. The van der Waals surface area contributed by atoms with Crippen LogP contribution in [0.25, 0.3) is 0 Å². The van der Waals surface area contributed by atoms with Gasteiger partial charge in [0.15, 0.2) is 0 Å². The smallest absolute Gasteiger partial charge is 0.166 e. The van der Waals surface area contributed by atoms with E-state index in [1.807, 2.05) is 13.8 Å². The first-order chi connectivity index (χ1) is 7.11. The Balaban J connectivity index is 0.000000326. The molecule has 0 saturated heterocycles. The van der Waals surface area contributed by atoms with Gasteiger partial charge in [-0.05, 0) is 0 Å². The van der Waals surface area contributed by atoms with E-state index >= 15 is 0 Å². The van der Waals surface area contributed by atoms with E-state index in [0.29, 0.717) is 0 Å². The van der Waals surface area contributed by atoms with Crippen molar-refractivity contribution in [3.63, 3.8) is 0 Å². The standard InChI is InChI=1S/C7H5F3.C3H6.C2H6/c8-7(9,10)6-4-2-1-3-5-6;1-2-3-1;1-2/h1-5H;1-3H2;1-2H3. The third-order valence-corrected chi connectivity index (χ3v) is 1.45. The number of hydrogen-bond acceptors (Lipinski definition) is 0. The third kappa shape index (κ3) is 8.03. The van der Waals surface area contributed by atoms with E-state index in [9.17, 15) is 13.2 Å². The number of benzene rings is 1. The van der Waals surface area contributed by atoms with Crippen LogP contribution in [0.2, 0.25) is 0 Å². The highest BCUT2D eigenvalue weighted by Crippen LogP contribution is 2.28. The highest BCUT2D eigenvalue weighted by Gasteiger charge is 2.29. The van der Waals surface area contributed by atoms with Crippen LogP contribution in [0.1, 0.15) is 38.7 Å². The van der Waals surface area contributed by atoms with Gasteiger partial charge in [-0.1, -0.05) is 63.4 Å². The normalized spacial score (nSPS) is 12.9. The second kappa shape index (κ2) is 7.32. The summed E-state index contributed by atoms with van der Waals surface area (Å²) >= 11 is 0. The summed E-state index contributed by atoms with van der Waals surface area (Å²) in [6, 6.07) is 6.36. The summed E-state index contributed by atoms with van der Waals surface area (Å²) in [5.74, 6) is 0. The minimum Gasteiger partial charge on any atom is -0.166 e. The Labute approximate surface area is 89.1 Å². The molecule has 1 saturated carbocycles. The molecule has 0 aromatic heterocycles. The summed E-state index contributed by atoms with van der Waals surface area (Å²) in [6.07, 6.45) is 0.293. The molecule has 1 aromatic carbocycles. The maximum absolute atomic E-state index is 11.8. The molecule has 1 aliphatic rings. The van der Waals surface area contributed by atoms with Gasteiger partial charge in [0.1, 0.15) is 0 Å². The van der Waals surface area contributed by atoms with Gasteiger partial charge in [-0.3, -0.25) is 0 Å². The first kappa shape index (κ1) is 14.0. The molecular weight excluding hydrogens is 201 g/mol. The van der Waals surface area contributed by atoms with E-state index in [1.54, 1.807) is 6.07 Å². The van der Waals surface area contributed by atoms with Gasteiger partial charge in [0.2, 0.25) is 0 Å². The number of rotatable bonds is 0. The molecule has 15 heavy (non-hydrogen) atoms. The third-order valence-electron chi connectivity index (χ3n) is 1.45. The minimum absolute atomic E-state index is 0.602. The molecule has 0 heterocycles. The highest BCUT2D eigenvalue weighted by atomic mass is 19.4. The fourth-order valence-corrected chi connectivity index (χ4v) is 0.627. The SMILES string of the molecule is C1CC1.CC.FC(F)(F)c1ccccc1. The van der Waals surface area contributed by atoms with Gasteiger partial charge in [-0.15, -0.1) is 0 Å². The van der Waals surface area contributed by atoms with Crippen LogP contribution in [0.4, 0.5) is 13.2 Å². The highest BCUT2D eigenvalue weighted by molar-refractivity contribution is 5.17. The van der Waals surface area contributed by atoms with Crippen molar-refractivity contribution in [3.05, 3.63) is 35.9 Å². The van der Waals surface area contributed by atoms with Gasteiger partial charge in [0, 0.05) is 0 Å². The lowest BCUT2D eigenvalue weighted by Gasteiger charge is -2.03. The van der Waals surface area contributed by atoms with Crippen LogP contribution in [0.3, 0.4) is 0 Å². The molecule has 0 amide bonds. The molecular formula is C12H17F3. The van der Waals surface area contributed by atoms with Crippen LogP contribution in [0, 0.1) is 0 Å². The van der Waals surface area contributed by atoms with E-state index in [0.717, 1.165) is 12.1 Å². The fourth-order valence-electron chi connectivity index (χ4n) is 0.627. The van der Waals surface area contributed by atoms with E-state index in [-0.39, 0.29) is 0 Å². The van der Waals surface area contributed by atoms with Crippen molar-refractivity contribution >= 4 is 0 Å². The monoisotopic (exact) mass is 218 g/mol. The summed E-state index contributed by atoms with van der Waals surface area (Å²) in [5, 5.41) is 0. The first-order valence-electron chi connectivity index (χ1n) is 5.23. The van der Waals surface area contributed by atoms with Crippen molar-refractivity contribution in [2.24, 2.45) is 0 Å². The van der Waals surface area contributed by atoms with Crippen molar-refractivity contribution in [2.45, 2.75) is 39.3 Å². The average molecular weight is 218 g/mol. The summed E-state index contributed by atoms with van der Waals surface area (Å²) in [4.78, 5) is 0. The van der Waals surface area contributed by atoms with Crippen LogP contribution < -0.4 is 0 Å². The van der Waals surface area contributed by atoms with Crippen LogP contribution in [-0.2, 0) is 6.18 Å². The predicted molar refractivity (Wildman–Crippen MR) is 56.6 cm³/mol. The molecule has 0 atom stereocenters. The summed E-state index contributed by atoms with van der Waals surface area (Å²) in [5.41, 5.74) is -0.602. The molecule has 0 radical (unpaired) electrons. The zero-order valence-corrected chi connectivity index (χ0v) is 9.14. The van der Waals surface area contributed by atoms with Crippen LogP contribution in [0.15, 0.2) is 30.3 Å². The van der Waals surface area contributed by atoms with E-state index in [1.165, 1.54) is 31.4 Å². The molecule has 0 aliphatic heterocycles. The Kier molecular flexibility index (Phi) is 6.84. The molecule has 3 heteroatoms. The Bertz CT molecular complexity index is 234. The molecule has 1 aliphatic carbocycles. The van der Waals surface area contributed by atoms with Crippen molar-refractivity contribution in [1.82, 2.24) is 0 Å². The zero-order valence-electron chi connectivity index (χ0n) is 9.14. The minimum atomic E-state index is -4.21. The zero-order chi connectivity index (χ0) is 11.7. The van der Waals surface area contributed by atoms with Gasteiger partial charge in [0.25, 0.3) is 0 Å². The molecule has 86 valence electrons. The van der Waals surface area contributed by atoms with Gasteiger partial charge < -0.3 is 0 Å². The van der Waals surface area contributed by atoms with E-state index < -0.39 is 11.7 Å². The molecule has 0 N–H and O–H groups in total. The molecule has 1 aromatic rings. The summed E-state index contributed by atoms with van der Waals surface area (Å²) in [6.45, 7) is 4.00. The molecule has 0 bridgehead atoms. The molecule has 2 rings (SSSR count). The maximum Gasteiger partial charge on any atom is 0.416 e.